The zero-order valence-corrected chi connectivity index (χ0v) is 11.8. The van der Waals surface area contributed by atoms with Crippen molar-refractivity contribution in [3.63, 3.8) is 0 Å². The molecule has 0 N–H and O–H groups in total. The number of methoxy groups -OCH3 is 1. The van der Waals surface area contributed by atoms with Crippen LogP contribution in [-0.2, 0) is 6.18 Å². The molecule has 0 aliphatic carbocycles. The summed E-state index contributed by atoms with van der Waals surface area (Å²) in [6.07, 6.45) is -4.51. The number of alkyl halides is 3. The van der Waals surface area contributed by atoms with Crippen LogP contribution in [0.3, 0.4) is 0 Å². The summed E-state index contributed by atoms with van der Waals surface area (Å²) in [6, 6.07) is 8.09. The first-order valence-corrected chi connectivity index (χ1v) is 6.29. The van der Waals surface area contributed by atoms with Gasteiger partial charge >= 0.3 is 6.18 Å². The SMILES string of the molecule is COc1ccc(-c2ccc(Cl)cc2Cl)c(C(F)(F)F)c1. The minimum atomic E-state index is -4.51. The van der Waals surface area contributed by atoms with Crippen molar-refractivity contribution in [2.45, 2.75) is 6.18 Å². The van der Waals surface area contributed by atoms with Gasteiger partial charge in [-0.05, 0) is 29.8 Å². The van der Waals surface area contributed by atoms with Gasteiger partial charge in [0.25, 0.3) is 0 Å². The van der Waals surface area contributed by atoms with E-state index in [9.17, 15) is 13.2 Å². The van der Waals surface area contributed by atoms with Crippen molar-refractivity contribution < 1.29 is 17.9 Å². The maximum absolute atomic E-state index is 13.1. The molecule has 0 aromatic heterocycles. The second kappa shape index (κ2) is 5.54. The second-order valence-electron chi connectivity index (χ2n) is 4.03. The van der Waals surface area contributed by atoms with Crippen LogP contribution in [0, 0.1) is 0 Å². The van der Waals surface area contributed by atoms with Crippen molar-refractivity contribution in [2.24, 2.45) is 0 Å². The molecule has 0 unspecified atom stereocenters. The largest absolute Gasteiger partial charge is 0.497 e. The van der Waals surface area contributed by atoms with Crippen molar-refractivity contribution >= 4 is 23.2 Å². The number of halogens is 5. The molecule has 2 rings (SSSR count). The molecule has 0 aliphatic heterocycles. The van der Waals surface area contributed by atoms with Crippen LogP contribution in [0.25, 0.3) is 11.1 Å². The summed E-state index contributed by atoms with van der Waals surface area (Å²) in [5, 5.41) is 0.522. The monoisotopic (exact) mass is 320 g/mol. The quantitative estimate of drug-likeness (QED) is 0.690. The smallest absolute Gasteiger partial charge is 0.417 e. The summed E-state index contributed by atoms with van der Waals surface area (Å²) < 4.78 is 44.2. The highest BCUT2D eigenvalue weighted by molar-refractivity contribution is 6.36. The fourth-order valence-electron chi connectivity index (χ4n) is 1.83. The van der Waals surface area contributed by atoms with Gasteiger partial charge in [-0.1, -0.05) is 35.3 Å². The molecule has 0 fully saturated rings. The molecule has 0 radical (unpaired) electrons. The Kier molecular flexibility index (Phi) is 4.16. The minimum absolute atomic E-state index is 0.0139. The third-order valence-corrected chi connectivity index (χ3v) is 3.30. The molecular formula is C14H9Cl2F3O. The van der Waals surface area contributed by atoms with Crippen molar-refractivity contribution in [1.29, 1.82) is 0 Å². The molecule has 20 heavy (non-hydrogen) atoms. The van der Waals surface area contributed by atoms with Crippen LogP contribution in [0.15, 0.2) is 36.4 Å². The normalized spacial score (nSPS) is 11.5. The van der Waals surface area contributed by atoms with E-state index in [1.165, 1.54) is 37.4 Å². The molecule has 0 saturated carbocycles. The summed E-state index contributed by atoms with van der Waals surface area (Å²) in [4.78, 5) is 0. The van der Waals surface area contributed by atoms with Crippen LogP contribution in [0.1, 0.15) is 5.56 Å². The average Bonchev–Trinajstić information content (AvgIpc) is 2.37. The molecular weight excluding hydrogens is 312 g/mol. The lowest BCUT2D eigenvalue weighted by Gasteiger charge is -2.15. The zero-order valence-electron chi connectivity index (χ0n) is 10.3. The average molecular weight is 321 g/mol. The third kappa shape index (κ3) is 3.02. The van der Waals surface area contributed by atoms with Gasteiger partial charge in [-0.15, -0.1) is 0 Å². The number of hydrogen-bond acceptors (Lipinski definition) is 1. The van der Waals surface area contributed by atoms with Gasteiger partial charge in [-0.2, -0.15) is 13.2 Å². The van der Waals surface area contributed by atoms with Gasteiger partial charge in [-0.3, -0.25) is 0 Å². The van der Waals surface area contributed by atoms with E-state index in [4.69, 9.17) is 27.9 Å². The standard InChI is InChI=1S/C14H9Cl2F3O/c1-20-9-3-5-10(12(7-9)14(17,18)19)11-4-2-8(15)6-13(11)16/h2-7H,1H3. The van der Waals surface area contributed by atoms with Crippen LogP contribution < -0.4 is 4.74 Å². The Morgan fingerprint density at radius 3 is 2.15 bits per heavy atom. The molecule has 0 atom stereocenters. The molecule has 106 valence electrons. The Morgan fingerprint density at radius 1 is 0.950 bits per heavy atom. The summed E-state index contributed by atoms with van der Waals surface area (Å²) >= 11 is 11.7. The van der Waals surface area contributed by atoms with Gasteiger partial charge in [0.1, 0.15) is 5.75 Å². The molecule has 0 saturated heterocycles. The lowest BCUT2D eigenvalue weighted by Crippen LogP contribution is -2.07. The van der Waals surface area contributed by atoms with Crippen LogP contribution in [0.5, 0.6) is 5.75 Å². The topological polar surface area (TPSA) is 9.23 Å². The van der Waals surface area contributed by atoms with E-state index >= 15 is 0 Å². The minimum Gasteiger partial charge on any atom is -0.497 e. The van der Waals surface area contributed by atoms with Crippen molar-refractivity contribution in [3.8, 4) is 16.9 Å². The molecule has 0 heterocycles. The maximum Gasteiger partial charge on any atom is 0.417 e. The lowest BCUT2D eigenvalue weighted by molar-refractivity contribution is -0.137. The van der Waals surface area contributed by atoms with Crippen molar-refractivity contribution in [1.82, 2.24) is 0 Å². The van der Waals surface area contributed by atoms with Gasteiger partial charge in [0.2, 0.25) is 0 Å². The Balaban J connectivity index is 2.67. The Labute approximate surface area is 123 Å². The van der Waals surface area contributed by atoms with Crippen LogP contribution >= 0.6 is 23.2 Å². The van der Waals surface area contributed by atoms with Gasteiger partial charge < -0.3 is 4.74 Å². The number of benzene rings is 2. The van der Waals surface area contributed by atoms with Crippen molar-refractivity contribution in [2.75, 3.05) is 7.11 Å². The second-order valence-corrected chi connectivity index (χ2v) is 4.88. The Bertz CT molecular complexity index is 639. The predicted octanol–water partition coefficient (Wildman–Crippen LogP) is 5.69. The maximum atomic E-state index is 13.1. The molecule has 0 aliphatic rings. The van der Waals surface area contributed by atoms with E-state index in [-0.39, 0.29) is 21.9 Å². The number of hydrogen-bond donors (Lipinski definition) is 0. The first-order chi connectivity index (χ1) is 9.32. The highest BCUT2D eigenvalue weighted by Gasteiger charge is 2.34. The van der Waals surface area contributed by atoms with E-state index in [1.807, 2.05) is 0 Å². The molecule has 2 aromatic rings. The molecule has 2 aromatic carbocycles. The number of ether oxygens (including phenoxy) is 1. The lowest BCUT2D eigenvalue weighted by atomic mass is 9.99. The van der Waals surface area contributed by atoms with E-state index in [1.54, 1.807) is 0 Å². The van der Waals surface area contributed by atoms with Gasteiger partial charge in [-0.25, -0.2) is 0 Å². The Morgan fingerprint density at radius 2 is 1.60 bits per heavy atom. The zero-order chi connectivity index (χ0) is 14.9. The summed E-state index contributed by atoms with van der Waals surface area (Å²) in [7, 11) is 1.31. The first kappa shape index (κ1) is 15.0. The van der Waals surface area contributed by atoms with Crippen LogP contribution in [-0.4, -0.2) is 7.11 Å². The van der Waals surface area contributed by atoms with Gasteiger partial charge in [0.15, 0.2) is 0 Å². The summed E-state index contributed by atoms with van der Waals surface area (Å²) in [5.41, 5.74) is -0.549. The van der Waals surface area contributed by atoms with Crippen LogP contribution in [0.2, 0.25) is 10.0 Å². The first-order valence-electron chi connectivity index (χ1n) is 5.53. The van der Waals surface area contributed by atoms with E-state index < -0.39 is 11.7 Å². The van der Waals surface area contributed by atoms with Crippen molar-refractivity contribution in [3.05, 3.63) is 52.0 Å². The summed E-state index contributed by atoms with van der Waals surface area (Å²) in [6.45, 7) is 0. The highest BCUT2D eigenvalue weighted by atomic mass is 35.5. The van der Waals surface area contributed by atoms with E-state index in [0.717, 1.165) is 6.07 Å². The van der Waals surface area contributed by atoms with E-state index in [2.05, 4.69) is 0 Å². The predicted molar refractivity (Wildman–Crippen MR) is 73.5 cm³/mol. The van der Waals surface area contributed by atoms with Gasteiger partial charge in [0.05, 0.1) is 12.7 Å². The molecule has 6 heteroatoms. The third-order valence-electron chi connectivity index (χ3n) is 2.75. The Hall–Kier alpha value is -1.39. The molecule has 1 nitrogen and oxygen atoms in total. The fraction of sp³-hybridized carbons (Fsp3) is 0.143. The molecule has 0 amide bonds. The summed E-state index contributed by atoms with van der Waals surface area (Å²) in [5.74, 6) is 0.131. The fourth-order valence-corrected chi connectivity index (χ4v) is 2.34. The number of rotatable bonds is 2. The van der Waals surface area contributed by atoms with Gasteiger partial charge in [0, 0.05) is 15.6 Å². The van der Waals surface area contributed by atoms with Crippen LogP contribution in [0.4, 0.5) is 13.2 Å². The molecule has 0 spiro atoms. The molecule has 0 bridgehead atoms. The van der Waals surface area contributed by atoms with E-state index in [0.29, 0.717) is 5.02 Å². The highest BCUT2D eigenvalue weighted by Crippen LogP contribution is 2.41.